The number of nitrogens with zero attached hydrogens (tertiary/aromatic N) is 2. The lowest BCUT2D eigenvalue weighted by atomic mass is 10.1. The third-order valence-corrected chi connectivity index (χ3v) is 4.03. The summed E-state index contributed by atoms with van der Waals surface area (Å²) in [6.07, 6.45) is 1.77. The average molecular weight is 322 g/mol. The van der Waals surface area contributed by atoms with E-state index in [-0.39, 0.29) is 24.5 Å². The van der Waals surface area contributed by atoms with Crippen molar-refractivity contribution >= 4 is 17.5 Å². The number of hydrogen-bond donors (Lipinski definition) is 2. The van der Waals surface area contributed by atoms with Crippen LogP contribution in [0.3, 0.4) is 0 Å². The maximum Gasteiger partial charge on any atom is 0.272 e. The minimum atomic E-state index is -0.254. The van der Waals surface area contributed by atoms with Gasteiger partial charge in [-0.15, -0.1) is 0 Å². The van der Waals surface area contributed by atoms with Crippen LogP contribution in [0.2, 0.25) is 5.02 Å². The molecule has 0 radical (unpaired) electrons. The van der Waals surface area contributed by atoms with Crippen LogP contribution in [0.4, 0.5) is 0 Å². The molecule has 118 valence electrons. The van der Waals surface area contributed by atoms with Gasteiger partial charge < -0.3 is 10.4 Å². The number of para-hydroxylation sites is 1. The Morgan fingerprint density at radius 3 is 2.73 bits per heavy atom. The Kier molecular flexibility index (Phi) is 5.21. The van der Waals surface area contributed by atoms with Gasteiger partial charge in [0.2, 0.25) is 0 Å². The number of aliphatic hydroxyl groups excluding tert-OH is 1. The molecular weight excluding hydrogens is 302 g/mol. The van der Waals surface area contributed by atoms with Gasteiger partial charge in [-0.1, -0.05) is 30.7 Å². The summed E-state index contributed by atoms with van der Waals surface area (Å²) in [7, 11) is 0. The Balaban J connectivity index is 2.23. The van der Waals surface area contributed by atoms with Crippen LogP contribution in [-0.4, -0.2) is 33.4 Å². The van der Waals surface area contributed by atoms with Gasteiger partial charge in [-0.05, 0) is 31.9 Å². The number of aryl methyl sites for hydroxylation is 1. The number of aliphatic hydroxyl groups is 1. The fourth-order valence-electron chi connectivity index (χ4n) is 2.02. The van der Waals surface area contributed by atoms with Crippen LogP contribution >= 0.6 is 11.6 Å². The number of hydrogen-bond acceptors (Lipinski definition) is 3. The smallest absolute Gasteiger partial charge is 0.272 e. The van der Waals surface area contributed by atoms with Gasteiger partial charge in [-0.2, -0.15) is 5.10 Å². The molecule has 2 atom stereocenters. The molecule has 1 heterocycles. The summed E-state index contributed by atoms with van der Waals surface area (Å²) < 4.78 is 1.60. The number of nitrogens with one attached hydrogen (secondary N) is 1. The Morgan fingerprint density at radius 1 is 1.41 bits per heavy atom. The van der Waals surface area contributed by atoms with Crippen molar-refractivity contribution in [1.29, 1.82) is 0 Å². The Labute approximate surface area is 134 Å². The molecule has 1 aromatic heterocycles. The van der Waals surface area contributed by atoms with E-state index >= 15 is 0 Å². The second-order valence-electron chi connectivity index (χ2n) is 5.48. The van der Waals surface area contributed by atoms with Gasteiger partial charge in [-0.3, -0.25) is 4.79 Å². The molecule has 6 heteroatoms. The monoisotopic (exact) mass is 321 g/mol. The van der Waals surface area contributed by atoms with Crippen molar-refractivity contribution in [2.45, 2.75) is 26.8 Å². The maximum atomic E-state index is 12.3. The summed E-state index contributed by atoms with van der Waals surface area (Å²) in [5.74, 6) is -0.272. The van der Waals surface area contributed by atoms with E-state index in [1.165, 1.54) is 0 Å². The van der Waals surface area contributed by atoms with E-state index < -0.39 is 0 Å². The zero-order chi connectivity index (χ0) is 16.3. The second-order valence-corrected chi connectivity index (χ2v) is 5.89. The summed E-state index contributed by atoms with van der Waals surface area (Å²) in [6, 6.07) is 7.19. The third-order valence-electron chi connectivity index (χ3n) is 3.71. The highest BCUT2D eigenvalue weighted by Gasteiger charge is 2.19. The first-order valence-electron chi connectivity index (χ1n) is 7.17. The minimum absolute atomic E-state index is 0.0186. The van der Waals surface area contributed by atoms with E-state index in [4.69, 9.17) is 16.7 Å². The van der Waals surface area contributed by atoms with E-state index in [0.717, 1.165) is 11.3 Å². The number of aromatic nitrogens is 2. The molecule has 0 saturated heterocycles. The first-order valence-corrected chi connectivity index (χ1v) is 7.54. The highest BCUT2D eigenvalue weighted by Crippen LogP contribution is 2.20. The van der Waals surface area contributed by atoms with E-state index in [0.29, 0.717) is 10.7 Å². The van der Waals surface area contributed by atoms with Crippen molar-refractivity contribution < 1.29 is 9.90 Å². The predicted molar refractivity (Wildman–Crippen MR) is 86.5 cm³/mol. The van der Waals surface area contributed by atoms with Crippen molar-refractivity contribution in [1.82, 2.24) is 15.1 Å². The molecular formula is C16H20ClN3O2. The maximum absolute atomic E-state index is 12.3. The summed E-state index contributed by atoms with van der Waals surface area (Å²) in [6.45, 7) is 5.59. The standard InChI is InChI=1S/C16H20ClN3O2/c1-10-8-20(14-7-5-4-6-13(14)17)19-15(10)16(22)18-12(3)11(2)9-21/h4-8,11-12,21H,9H2,1-3H3,(H,18,22). The molecule has 0 spiro atoms. The highest BCUT2D eigenvalue weighted by atomic mass is 35.5. The van der Waals surface area contributed by atoms with Crippen molar-refractivity contribution in [3.63, 3.8) is 0 Å². The largest absolute Gasteiger partial charge is 0.396 e. The van der Waals surface area contributed by atoms with E-state index in [2.05, 4.69) is 10.4 Å². The number of halogens is 1. The van der Waals surface area contributed by atoms with Gasteiger partial charge >= 0.3 is 0 Å². The van der Waals surface area contributed by atoms with Crippen LogP contribution in [0, 0.1) is 12.8 Å². The number of amides is 1. The summed E-state index contributed by atoms with van der Waals surface area (Å²) in [5.41, 5.74) is 1.85. The fourth-order valence-corrected chi connectivity index (χ4v) is 2.24. The highest BCUT2D eigenvalue weighted by molar-refractivity contribution is 6.32. The lowest BCUT2D eigenvalue weighted by Crippen LogP contribution is -2.38. The Morgan fingerprint density at radius 2 is 2.09 bits per heavy atom. The first-order chi connectivity index (χ1) is 10.4. The molecule has 2 unspecified atom stereocenters. The van der Waals surface area contributed by atoms with E-state index in [1.54, 1.807) is 16.9 Å². The van der Waals surface area contributed by atoms with Crippen LogP contribution < -0.4 is 5.32 Å². The molecule has 0 aliphatic heterocycles. The van der Waals surface area contributed by atoms with Crippen molar-refractivity contribution in [3.05, 3.63) is 46.7 Å². The lowest BCUT2D eigenvalue weighted by molar-refractivity contribution is 0.0910. The van der Waals surface area contributed by atoms with Gasteiger partial charge in [0.15, 0.2) is 5.69 Å². The predicted octanol–water partition coefficient (Wildman–Crippen LogP) is 2.58. The molecule has 2 N–H and O–H groups in total. The van der Waals surface area contributed by atoms with Gasteiger partial charge in [0.1, 0.15) is 0 Å². The number of carbonyl (C=O) groups excluding carboxylic acids is 1. The molecule has 1 amide bonds. The fraction of sp³-hybridized carbons (Fsp3) is 0.375. The second kappa shape index (κ2) is 6.94. The van der Waals surface area contributed by atoms with Gasteiger partial charge in [-0.25, -0.2) is 4.68 Å². The number of benzene rings is 1. The topological polar surface area (TPSA) is 67.2 Å². The normalized spacial score (nSPS) is 13.7. The molecule has 0 aliphatic rings. The average Bonchev–Trinajstić information content (AvgIpc) is 2.88. The van der Waals surface area contributed by atoms with Crippen LogP contribution in [0.5, 0.6) is 0 Å². The summed E-state index contributed by atoms with van der Waals surface area (Å²) in [5, 5.41) is 16.9. The molecule has 2 rings (SSSR count). The number of rotatable bonds is 5. The summed E-state index contributed by atoms with van der Waals surface area (Å²) in [4.78, 5) is 12.3. The van der Waals surface area contributed by atoms with Crippen LogP contribution in [-0.2, 0) is 0 Å². The summed E-state index contributed by atoms with van der Waals surface area (Å²) >= 11 is 6.16. The van der Waals surface area contributed by atoms with Crippen LogP contribution in [0.1, 0.15) is 29.9 Å². The molecule has 5 nitrogen and oxygen atoms in total. The first kappa shape index (κ1) is 16.5. The Bertz CT molecular complexity index is 669. The molecule has 0 bridgehead atoms. The van der Waals surface area contributed by atoms with Gasteiger partial charge in [0.05, 0.1) is 10.7 Å². The SMILES string of the molecule is Cc1cn(-c2ccccc2Cl)nc1C(=O)NC(C)C(C)CO. The van der Waals surface area contributed by atoms with Crippen molar-refractivity contribution in [2.24, 2.45) is 5.92 Å². The quantitative estimate of drug-likeness (QED) is 0.889. The zero-order valence-corrected chi connectivity index (χ0v) is 13.6. The molecule has 1 aromatic carbocycles. The van der Waals surface area contributed by atoms with Gasteiger partial charge in [0, 0.05) is 24.4 Å². The van der Waals surface area contributed by atoms with E-state index in [9.17, 15) is 4.79 Å². The molecule has 0 saturated carbocycles. The zero-order valence-electron chi connectivity index (χ0n) is 12.9. The molecule has 2 aromatic rings. The molecule has 0 aliphatic carbocycles. The van der Waals surface area contributed by atoms with Crippen molar-refractivity contribution in [3.8, 4) is 5.69 Å². The molecule has 22 heavy (non-hydrogen) atoms. The van der Waals surface area contributed by atoms with Crippen LogP contribution in [0.15, 0.2) is 30.5 Å². The number of carbonyl (C=O) groups is 1. The van der Waals surface area contributed by atoms with Crippen LogP contribution in [0.25, 0.3) is 5.69 Å². The van der Waals surface area contributed by atoms with Gasteiger partial charge in [0.25, 0.3) is 5.91 Å². The lowest BCUT2D eigenvalue weighted by Gasteiger charge is -2.18. The third kappa shape index (κ3) is 3.48. The van der Waals surface area contributed by atoms with E-state index in [1.807, 2.05) is 39.0 Å². The minimum Gasteiger partial charge on any atom is -0.396 e. The molecule has 0 fully saturated rings. The Hall–Kier alpha value is -1.85. The van der Waals surface area contributed by atoms with Crippen molar-refractivity contribution in [2.75, 3.05) is 6.61 Å².